The Kier molecular flexibility index (Phi) is 5.39. The second-order valence-electron chi connectivity index (χ2n) is 8.49. The largest absolute Gasteiger partial charge is 0.298 e. The van der Waals surface area contributed by atoms with Crippen LogP contribution in [-0.2, 0) is 11.3 Å². The number of hydrogen-bond acceptors (Lipinski definition) is 2. The van der Waals surface area contributed by atoms with Crippen LogP contribution in [0.15, 0.2) is 60.7 Å². The summed E-state index contributed by atoms with van der Waals surface area (Å²) in [6, 6.07) is 21.7. The van der Waals surface area contributed by atoms with Crippen molar-refractivity contribution in [2.75, 3.05) is 6.54 Å². The summed E-state index contributed by atoms with van der Waals surface area (Å²) < 4.78 is 0. The van der Waals surface area contributed by atoms with E-state index in [9.17, 15) is 4.79 Å². The van der Waals surface area contributed by atoms with Gasteiger partial charge in [0.2, 0.25) is 0 Å². The maximum atomic E-state index is 12.6. The van der Waals surface area contributed by atoms with Crippen LogP contribution in [0.1, 0.15) is 50.7 Å². The molecule has 25 heavy (non-hydrogen) atoms. The summed E-state index contributed by atoms with van der Waals surface area (Å²) >= 11 is 0. The van der Waals surface area contributed by atoms with Crippen LogP contribution in [0.4, 0.5) is 0 Å². The maximum Gasteiger partial charge on any atom is 0.147 e. The molecule has 1 aliphatic carbocycles. The van der Waals surface area contributed by atoms with E-state index in [0.717, 1.165) is 13.0 Å². The van der Waals surface area contributed by atoms with Crippen molar-refractivity contribution in [3.05, 3.63) is 71.8 Å². The molecule has 2 aromatic rings. The van der Waals surface area contributed by atoms with Gasteiger partial charge in [-0.1, -0.05) is 81.4 Å². The lowest BCUT2D eigenvalue weighted by molar-refractivity contribution is -0.122. The van der Waals surface area contributed by atoms with Crippen LogP contribution < -0.4 is 0 Å². The van der Waals surface area contributed by atoms with Gasteiger partial charge in [0.05, 0.1) is 6.54 Å². The highest BCUT2D eigenvalue weighted by Gasteiger charge is 2.43. The predicted octanol–water partition coefficient (Wildman–Crippen LogP) is 5.05. The van der Waals surface area contributed by atoms with Crippen LogP contribution in [0.5, 0.6) is 0 Å². The number of nitrogens with zero attached hydrogens (tertiary/aromatic N) is 1. The molecule has 0 saturated heterocycles. The van der Waals surface area contributed by atoms with Gasteiger partial charge in [-0.2, -0.15) is 0 Å². The summed E-state index contributed by atoms with van der Waals surface area (Å²) in [5, 5.41) is 0. The molecule has 2 aromatic carbocycles. The van der Waals surface area contributed by atoms with Crippen molar-refractivity contribution in [3.8, 4) is 0 Å². The molecule has 2 heteroatoms. The molecule has 0 bridgehead atoms. The third-order valence-electron chi connectivity index (χ3n) is 4.79. The topological polar surface area (TPSA) is 20.3 Å². The molecule has 0 heterocycles. The van der Waals surface area contributed by atoms with Gasteiger partial charge in [-0.15, -0.1) is 0 Å². The maximum absolute atomic E-state index is 12.6. The highest BCUT2D eigenvalue weighted by Crippen LogP contribution is 2.45. The van der Waals surface area contributed by atoms with Crippen LogP contribution in [0.25, 0.3) is 0 Å². The molecule has 0 spiro atoms. The van der Waals surface area contributed by atoms with Gasteiger partial charge >= 0.3 is 0 Å². The van der Waals surface area contributed by atoms with Crippen molar-refractivity contribution >= 4 is 5.78 Å². The standard InChI is InChI=1S/C23H29NO/c1-23(2,3)15-20(25)17-24(16-18-10-6-4-7-11-18)22-14-21(22)19-12-8-5-9-13-19/h4-13,21-22H,14-17H2,1-3H3/t21?,22-/m0/s1. The van der Waals surface area contributed by atoms with Crippen LogP contribution >= 0.6 is 0 Å². The lowest BCUT2D eigenvalue weighted by Crippen LogP contribution is -2.33. The van der Waals surface area contributed by atoms with Gasteiger partial charge < -0.3 is 0 Å². The lowest BCUT2D eigenvalue weighted by atomic mass is 9.90. The molecule has 0 amide bonds. The molecule has 0 aliphatic heterocycles. The van der Waals surface area contributed by atoms with E-state index in [0.29, 0.717) is 30.7 Å². The average molecular weight is 335 g/mol. The fourth-order valence-electron chi connectivity index (χ4n) is 3.63. The summed E-state index contributed by atoms with van der Waals surface area (Å²) in [6.07, 6.45) is 1.79. The Morgan fingerprint density at radius 2 is 1.60 bits per heavy atom. The smallest absolute Gasteiger partial charge is 0.147 e. The molecule has 0 aromatic heterocycles. The van der Waals surface area contributed by atoms with E-state index in [1.54, 1.807) is 0 Å². The number of rotatable bonds is 7. The second-order valence-corrected chi connectivity index (χ2v) is 8.49. The average Bonchev–Trinajstić information content (AvgIpc) is 3.35. The minimum Gasteiger partial charge on any atom is -0.298 e. The van der Waals surface area contributed by atoms with Gasteiger partial charge in [0, 0.05) is 24.9 Å². The Hall–Kier alpha value is -1.93. The SMILES string of the molecule is CC(C)(C)CC(=O)CN(Cc1ccccc1)[C@H]1CC1c1ccccc1. The zero-order valence-corrected chi connectivity index (χ0v) is 15.6. The molecule has 0 radical (unpaired) electrons. The van der Waals surface area contributed by atoms with Crippen molar-refractivity contribution in [2.45, 2.75) is 52.1 Å². The molecule has 1 aliphatic rings. The predicted molar refractivity (Wildman–Crippen MR) is 104 cm³/mol. The highest BCUT2D eigenvalue weighted by atomic mass is 16.1. The molecule has 132 valence electrons. The molecular weight excluding hydrogens is 306 g/mol. The van der Waals surface area contributed by atoms with Crippen LogP contribution in [0.3, 0.4) is 0 Å². The third kappa shape index (κ3) is 5.27. The normalized spacial score (nSPS) is 19.8. The number of carbonyl (C=O) groups is 1. The zero-order valence-electron chi connectivity index (χ0n) is 15.6. The Morgan fingerprint density at radius 1 is 1.00 bits per heavy atom. The Labute approximate surface area is 151 Å². The molecular formula is C23H29NO. The Morgan fingerprint density at radius 3 is 2.20 bits per heavy atom. The molecule has 2 nitrogen and oxygen atoms in total. The summed E-state index contributed by atoms with van der Waals surface area (Å²) in [5.41, 5.74) is 2.73. The van der Waals surface area contributed by atoms with Gasteiger partial charge in [-0.05, 0) is 23.0 Å². The minimum absolute atomic E-state index is 0.0535. The van der Waals surface area contributed by atoms with Crippen LogP contribution in [0.2, 0.25) is 0 Å². The fourth-order valence-corrected chi connectivity index (χ4v) is 3.63. The van der Waals surface area contributed by atoms with Crippen molar-refractivity contribution in [2.24, 2.45) is 5.41 Å². The first-order chi connectivity index (χ1) is 11.9. The van der Waals surface area contributed by atoms with Crippen LogP contribution in [0, 0.1) is 5.41 Å². The first-order valence-corrected chi connectivity index (χ1v) is 9.27. The van der Waals surface area contributed by atoms with E-state index in [1.807, 2.05) is 6.07 Å². The van der Waals surface area contributed by atoms with Gasteiger partial charge in [0.25, 0.3) is 0 Å². The highest BCUT2D eigenvalue weighted by molar-refractivity contribution is 5.81. The van der Waals surface area contributed by atoms with E-state index < -0.39 is 0 Å². The van der Waals surface area contributed by atoms with Gasteiger partial charge in [-0.3, -0.25) is 9.69 Å². The van der Waals surface area contributed by atoms with Gasteiger partial charge in [0.1, 0.15) is 5.78 Å². The molecule has 1 unspecified atom stereocenters. The Balaban J connectivity index is 1.70. The van der Waals surface area contributed by atoms with E-state index >= 15 is 0 Å². The quantitative estimate of drug-likeness (QED) is 0.705. The minimum atomic E-state index is 0.0535. The molecule has 0 N–H and O–H groups in total. The number of ketones is 1. The number of carbonyl (C=O) groups excluding carboxylic acids is 1. The summed E-state index contributed by atoms with van der Waals surface area (Å²) in [6.45, 7) is 7.81. The van der Waals surface area contributed by atoms with Crippen molar-refractivity contribution < 1.29 is 4.79 Å². The third-order valence-corrected chi connectivity index (χ3v) is 4.79. The molecule has 1 saturated carbocycles. The van der Waals surface area contributed by atoms with E-state index in [1.165, 1.54) is 11.1 Å². The molecule has 1 fully saturated rings. The number of benzene rings is 2. The van der Waals surface area contributed by atoms with E-state index in [2.05, 4.69) is 80.3 Å². The summed E-state index contributed by atoms with van der Waals surface area (Å²) in [7, 11) is 0. The first kappa shape index (κ1) is 17.9. The summed E-state index contributed by atoms with van der Waals surface area (Å²) in [4.78, 5) is 15.0. The lowest BCUT2D eigenvalue weighted by Gasteiger charge is -2.25. The molecule has 3 rings (SSSR count). The van der Waals surface area contributed by atoms with E-state index in [4.69, 9.17) is 0 Å². The van der Waals surface area contributed by atoms with E-state index in [-0.39, 0.29) is 5.41 Å². The number of Topliss-reactive ketones (excluding diaryl/α,β-unsaturated/α-hetero) is 1. The fraction of sp³-hybridized carbons (Fsp3) is 0.435. The van der Waals surface area contributed by atoms with Crippen molar-refractivity contribution in [3.63, 3.8) is 0 Å². The Bertz CT molecular complexity index is 687. The van der Waals surface area contributed by atoms with Gasteiger partial charge in [0.15, 0.2) is 0 Å². The monoisotopic (exact) mass is 335 g/mol. The van der Waals surface area contributed by atoms with Crippen LogP contribution in [-0.4, -0.2) is 23.3 Å². The summed E-state index contributed by atoms with van der Waals surface area (Å²) in [5.74, 6) is 0.912. The van der Waals surface area contributed by atoms with Crippen molar-refractivity contribution in [1.29, 1.82) is 0 Å². The second kappa shape index (κ2) is 7.53. The molecule has 2 atom stereocenters. The number of hydrogen-bond donors (Lipinski definition) is 0. The first-order valence-electron chi connectivity index (χ1n) is 9.27. The van der Waals surface area contributed by atoms with Gasteiger partial charge in [-0.25, -0.2) is 0 Å². The van der Waals surface area contributed by atoms with Crippen molar-refractivity contribution in [1.82, 2.24) is 4.90 Å². The zero-order chi connectivity index (χ0) is 17.9.